The Labute approximate surface area is 88.4 Å². The van der Waals surface area contributed by atoms with E-state index in [-0.39, 0.29) is 0 Å². The average molecular weight is 190 g/mol. The molecule has 14 heavy (non-hydrogen) atoms. The van der Waals surface area contributed by atoms with Gasteiger partial charge >= 0.3 is 0 Å². The summed E-state index contributed by atoms with van der Waals surface area (Å²) in [6.45, 7) is 6.70. The van der Waals surface area contributed by atoms with E-state index in [2.05, 4.69) is 39.0 Å². The molecular formula is C14H22. The Balaban J connectivity index is 2.64. The first-order valence-corrected chi connectivity index (χ1v) is 5.86. The standard InChI is InChI=1S/C14H22/c1-4-6-7-8-14-11-13(5-2)10-9-12(14)3/h9-11H,4-8H2,1-3H3. The van der Waals surface area contributed by atoms with E-state index in [9.17, 15) is 0 Å². The lowest BCUT2D eigenvalue weighted by Crippen LogP contribution is -1.92. The number of aryl methyl sites for hydroxylation is 3. The van der Waals surface area contributed by atoms with Crippen molar-refractivity contribution < 1.29 is 0 Å². The molecule has 0 amide bonds. The lowest BCUT2D eigenvalue weighted by Gasteiger charge is -2.07. The molecule has 0 aliphatic rings. The van der Waals surface area contributed by atoms with Crippen LogP contribution in [0.25, 0.3) is 0 Å². The Kier molecular flexibility index (Phi) is 4.72. The molecule has 1 aromatic carbocycles. The average Bonchev–Trinajstić information content (AvgIpc) is 2.21. The van der Waals surface area contributed by atoms with E-state index in [0.29, 0.717) is 0 Å². The van der Waals surface area contributed by atoms with Gasteiger partial charge in [0, 0.05) is 0 Å². The summed E-state index contributed by atoms with van der Waals surface area (Å²) in [5.41, 5.74) is 4.48. The smallest absolute Gasteiger partial charge is 0.0276 e. The Morgan fingerprint density at radius 1 is 1.07 bits per heavy atom. The van der Waals surface area contributed by atoms with Crippen LogP contribution in [0, 0.1) is 6.92 Å². The highest BCUT2D eigenvalue weighted by molar-refractivity contribution is 5.31. The van der Waals surface area contributed by atoms with Crippen molar-refractivity contribution in [3.8, 4) is 0 Å². The van der Waals surface area contributed by atoms with Crippen LogP contribution in [0.15, 0.2) is 18.2 Å². The van der Waals surface area contributed by atoms with Crippen molar-refractivity contribution in [1.29, 1.82) is 0 Å². The van der Waals surface area contributed by atoms with Gasteiger partial charge in [-0.05, 0) is 42.9 Å². The summed E-state index contributed by atoms with van der Waals surface area (Å²) in [5, 5.41) is 0. The Morgan fingerprint density at radius 2 is 1.86 bits per heavy atom. The maximum Gasteiger partial charge on any atom is -0.0276 e. The second-order valence-corrected chi connectivity index (χ2v) is 4.07. The van der Waals surface area contributed by atoms with Crippen molar-refractivity contribution in [2.75, 3.05) is 0 Å². The summed E-state index contributed by atoms with van der Waals surface area (Å²) < 4.78 is 0. The number of hydrogen-bond donors (Lipinski definition) is 0. The van der Waals surface area contributed by atoms with E-state index in [4.69, 9.17) is 0 Å². The van der Waals surface area contributed by atoms with Gasteiger partial charge in [0.1, 0.15) is 0 Å². The topological polar surface area (TPSA) is 0 Å². The number of hydrogen-bond acceptors (Lipinski definition) is 0. The number of rotatable bonds is 5. The maximum absolute atomic E-state index is 2.38. The van der Waals surface area contributed by atoms with Gasteiger partial charge in [0.05, 0.1) is 0 Å². The highest BCUT2D eigenvalue weighted by atomic mass is 14.0. The molecule has 0 radical (unpaired) electrons. The molecule has 0 N–H and O–H groups in total. The third-order valence-electron chi connectivity index (χ3n) is 2.87. The summed E-state index contributed by atoms with van der Waals surface area (Å²) >= 11 is 0. The normalized spacial score (nSPS) is 10.5. The molecule has 0 aromatic heterocycles. The molecule has 0 atom stereocenters. The van der Waals surface area contributed by atoms with Crippen molar-refractivity contribution in [2.24, 2.45) is 0 Å². The summed E-state index contributed by atoms with van der Waals surface area (Å²) in [4.78, 5) is 0. The molecule has 0 nitrogen and oxygen atoms in total. The van der Waals surface area contributed by atoms with Gasteiger partial charge < -0.3 is 0 Å². The summed E-state index contributed by atoms with van der Waals surface area (Å²) in [6, 6.07) is 6.89. The molecule has 0 aliphatic heterocycles. The largest absolute Gasteiger partial charge is 0.0654 e. The summed E-state index contributed by atoms with van der Waals surface area (Å²) in [5.74, 6) is 0. The molecular weight excluding hydrogens is 168 g/mol. The third-order valence-corrected chi connectivity index (χ3v) is 2.87. The van der Waals surface area contributed by atoms with Crippen molar-refractivity contribution in [3.05, 3.63) is 34.9 Å². The molecule has 0 unspecified atom stereocenters. The second kappa shape index (κ2) is 5.85. The third kappa shape index (κ3) is 3.17. The lowest BCUT2D eigenvalue weighted by atomic mass is 9.99. The quantitative estimate of drug-likeness (QED) is 0.608. The molecule has 78 valence electrons. The first-order valence-electron chi connectivity index (χ1n) is 5.86. The van der Waals surface area contributed by atoms with Crippen LogP contribution in [-0.4, -0.2) is 0 Å². The molecule has 0 bridgehead atoms. The van der Waals surface area contributed by atoms with Gasteiger partial charge in [-0.2, -0.15) is 0 Å². The van der Waals surface area contributed by atoms with E-state index in [1.54, 1.807) is 5.56 Å². The van der Waals surface area contributed by atoms with Crippen LogP contribution in [0.1, 0.15) is 49.8 Å². The predicted octanol–water partition coefficient (Wildman–Crippen LogP) is 4.29. The minimum absolute atomic E-state index is 1.15. The fraction of sp³-hybridized carbons (Fsp3) is 0.571. The number of unbranched alkanes of at least 4 members (excludes halogenated alkanes) is 2. The van der Waals surface area contributed by atoms with Crippen LogP contribution in [0.4, 0.5) is 0 Å². The van der Waals surface area contributed by atoms with Crippen molar-refractivity contribution >= 4 is 0 Å². The van der Waals surface area contributed by atoms with Crippen LogP contribution in [0.3, 0.4) is 0 Å². The monoisotopic (exact) mass is 190 g/mol. The van der Waals surface area contributed by atoms with Crippen molar-refractivity contribution in [3.63, 3.8) is 0 Å². The summed E-state index contributed by atoms with van der Waals surface area (Å²) in [6.07, 6.45) is 6.42. The Bertz CT molecular complexity index is 273. The van der Waals surface area contributed by atoms with E-state index in [1.807, 2.05) is 0 Å². The van der Waals surface area contributed by atoms with Gasteiger partial charge in [-0.15, -0.1) is 0 Å². The van der Waals surface area contributed by atoms with Gasteiger partial charge in [-0.3, -0.25) is 0 Å². The van der Waals surface area contributed by atoms with Gasteiger partial charge in [0.2, 0.25) is 0 Å². The van der Waals surface area contributed by atoms with Crippen LogP contribution >= 0.6 is 0 Å². The van der Waals surface area contributed by atoms with Crippen LogP contribution in [0.5, 0.6) is 0 Å². The van der Waals surface area contributed by atoms with Gasteiger partial charge in [-0.25, -0.2) is 0 Å². The van der Waals surface area contributed by atoms with Crippen molar-refractivity contribution in [1.82, 2.24) is 0 Å². The lowest BCUT2D eigenvalue weighted by molar-refractivity contribution is 0.715. The molecule has 0 heteroatoms. The minimum Gasteiger partial charge on any atom is -0.0654 e. The minimum atomic E-state index is 1.15. The van der Waals surface area contributed by atoms with E-state index >= 15 is 0 Å². The second-order valence-electron chi connectivity index (χ2n) is 4.07. The molecule has 0 saturated heterocycles. The highest BCUT2D eigenvalue weighted by Gasteiger charge is 1.99. The molecule has 1 rings (SSSR count). The van der Waals surface area contributed by atoms with E-state index in [0.717, 1.165) is 6.42 Å². The van der Waals surface area contributed by atoms with E-state index < -0.39 is 0 Å². The SMILES string of the molecule is CCCCCc1cc(CC)ccc1C. The zero-order valence-corrected chi connectivity index (χ0v) is 9.77. The molecule has 0 heterocycles. The fourth-order valence-electron chi connectivity index (χ4n) is 1.78. The zero-order chi connectivity index (χ0) is 10.4. The van der Waals surface area contributed by atoms with Crippen LogP contribution in [-0.2, 0) is 12.8 Å². The molecule has 1 aromatic rings. The number of benzene rings is 1. The van der Waals surface area contributed by atoms with Crippen molar-refractivity contribution in [2.45, 2.75) is 52.9 Å². The van der Waals surface area contributed by atoms with Gasteiger partial charge in [-0.1, -0.05) is 44.9 Å². The van der Waals surface area contributed by atoms with Gasteiger partial charge in [0.25, 0.3) is 0 Å². The summed E-state index contributed by atoms with van der Waals surface area (Å²) in [7, 11) is 0. The fourth-order valence-corrected chi connectivity index (χ4v) is 1.78. The predicted molar refractivity (Wildman–Crippen MR) is 63.8 cm³/mol. The zero-order valence-electron chi connectivity index (χ0n) is 9.77. The Morgan fingerprint density at radius 3 is 2.50 bits per heavy atom. The molecule has 0 fully saturated rings. The highest BCUT2D eigenvalue weighted by Crippen LogP contribution is 2.14. The maximum atomic E-state index is 2.38. The molecule has 0 saturated carbocycles. The van der Waals surface area contributed by atoms with Gasteiger partial charge in [0.15, 0.2) is 0 Å². The first-order chi connectivity index (χ1) is 6.77. The van der Waals surface area contributed by atoms with Crippen LogP contribution < -0.4 is 0 Å². The Hall–Kier alpha value is -0.780. The van der Waals surface area contributed by atoms with Crippen LogP contribution in [0.2, 0.25) is 0 Å². The first kappa shape index (κ1) is 11.3. The molecule has 0 aliphatic carbocycles. The van der Waals surface area contributed by atoms with E-state index in [1.165, 1.54) is 36.8 Å². The molecule has 0 spiro atoms.